The van der Waals surface area contributed by atoms with Crippen molar-refractivity contribution in [3.05, 3.63) is 36.2 Å². The van der Waals surface area contributed by atoms with Crippen molar-refractivity contribution in [2.75, 3.05) is 0 Å². The van der Waals surface area contributed by atoms with Crippen molar-refractivity contribution < 1.29 is 14.7 Å². The van der Waals surface area contributed by atoms with Crippen molar-refractivity contribution >= 4 is 11.9 Å². The molecule has 0 spiro atoms. The maximum absolute atomic E-state index is 12.0. The molecule has 0 aliphatic rings. The first kappa shape index (κ1) is 16.6. The summed E-state index contributed by atoms with van der Waals surface area (Å²) in [4.78, 5) is 23.2. The van der Waals surface area contributed by atoms with Crippen molar-refractivity contribution in [2.45, 2.75) is 32.7 Å². The van der Waals surface area contributed by atoms with Gasteiger partial charge in [-0.25, -0.2) is 9.48 Å². The average Bonchev–Trinajstić information content (AvgIpc) is 3.01. The van der Waals surface area contributed by atoms with Gasteiger partial charge in [0.2, 0.25) is 5.91 Å². The first-order valence-corrected chi connectivity index (χ1v) is 7.30. The van der Waals surface area contributed by atoms with E-state index in [4.69, 9.17) is 5.11 Å². The molecule has 0 radical (unpaired) electrons. The fraction of sp³-hybridized carbons (Fsp3) is 0.400. The molecule has 1 aromatic heterocycles. The van der Waals surface area contributed by atoms with Crippen LogP contribution in [0.15, 0.2) is 30.6 Å². The Morgan fingerprint density at radius 3 is 2.48 bits per heavy atom. The van der Waals surface area contributed by atoms with E-state index in [1.54, 1.807) is 24.3 Å². The number of aliphatic carboxylic acids is 1. The zero-order chi connectivity index (χ0) is 16.8. The highest BCUT2D eigenvalue weighted by atomic mass is 16.4. The SMILES string of the molecule is CC(C)C[C@H](NC(=O)Cc1ccc(-n2cnnn2)cc1)C(=O)O. The highest BCUT2D eigenvalue weighted by molar-refractivity contribution is 5.84. The molecule has 8 nitrogen and oxygen atoms in total. The molecule has 8 heteroatoms. The molecule has 2 N–H and O–H groups in total. The van der Waals surface area contributed by atoms with E-state index in [0.29, 0.717) is 6.42 Å². The number of carbonyl (C=O) groups excluding carboxylic acids is 1. The van der Waals surface area contributed by atoms with Crippen LogP contribution in [0.2, 0.25) is 0 Å². The van der Waals surface area contributed by atoms with E-state index in [2.05, 4.69) is 20.8 Å². The van der Waals surface area contributed by atoms with Gasteiger partial charge in [0.1, 0.15) is 12.4 Å². The third-order valence-corrected chi connectivity index (χ3v) is 3.25. The number of amides is 1. The van der Waals surface area contributed by atoms with Crippen molar-refractivity contribution in [1.82, 2.24) is 25.5 Å². The lowest BCUT2D eigenvalue weighted by atomic mass is 10.0. The third-order valence-electron chi connectivity index (χ3n) is 3.25. The molecule has 0 fully saturated rings. The fourth-order valence-corrected chi connectivity index (χ4v) is 2.17. The lowest BCUT2D eigenvalue weighted by molar-refractivity contribution is -0.142. The van der Waals surface area contributed by atoms with Crippen molar-refractivity contribution in [1.29, 1.82) is 0 Å². The predicted molar refractivity (Wildman–Crippen MR) is 81.9 cm³/mol. The molecule has 0 bridgehead atoms. The number of hydrogen-bond acceptors (Lipinski definition) is 5. The lowest BCUT2D eigenvalue weighted by Gasteiger charge is -2.16. The number of benzene rings is 1. The summed E-state index contributed by atoms with van der Waals surface area (Å²) in [5.41, 5.74) is 1.57. The summed E-state index contributed by atoms with van der Waals surface area (Å²) in [6.07, 6.45) is 2.00. The molecule has 1 aromatic carbocycles. The number of aromatic nitrogens is 4. The molecular formula is C15H19N5O3. The fourth-order valence-electron chi connectivity index (χ4n) is 2.17. The second-order valence-corrected chi connectivity index (χ2v) is 5.69. The minimum atomic E-state index is -1.01. The van der Waals surface area contributed by atoms with Crippen LogP contribution in [0.3, 0.4) is 0 Å². The second kappa shape index (κ2) is 7.48. The number of rotatable bonds is 7. The van der Waals surface area contributed by atoms with Gasteiger partial charge in [0.05, 0.1) is 12.1 Å². The van der Waals surface area contributed by atoms with Crippen molar-refractivity contribution in [2.24, 2.45) is 5.92 Å². The number of nitrogens with one attached hydrogen (secondary N) is 1. The summed E-state index contributed by atoms with van der Waals surface area (Å²) < 4.78 is 1.51. The summed E-state index contributed by atoms with van der Waals surface area (Å²) in [5, 5.41) is 22.6. The molecule has 1 atom stereocenters. The summed E-state index contributed by atoms with van der Waals surface area (Å²) in [6.45, 7) is 3.83. The second-order valence-electron chi connectivity index (χ2n) is 5.69. The molecule has 0 saturated heterocycles. The third kappa shape index (κ3) is 4.87. The van der Waals surface area contributed by atoms with Crippen LogP contribution in [-0.4, -0.2) is 43.2 Å². The van der Waals surface area contributed by atoms with Crippen LogP contribution in [0.25, 0.3) is 5.69 Å². The predicted octanol–water partition coefficient (Wildman–Crippen LogP) is 0.820. The number of carboxylic acid groups (broad SMARTS) is 1. The molecule has 0 aliphatic carbocycles. The van der Waals surface area contributed by atoms with Crippen LogP contribution in [0.4, 0.5) is 0 Å². The van der Waals surface area contributed by atoms with Crippen molar-refractivity contribution in [3.63, 3.8) is 0 Å². The minimum absolute atomic E-state index is 0.123. The van der Waals surface area contributed by atoms with E-state index in [1.807, 2.05) is 13.8 Å². The molecule has 122 valence electrons. The van der Waals surface area contributed by atoms with Crippen LogP contribution >= 0.6 is 0 Å². The highest BCUT2D eigenvalue weighted by Gasteiger charge is 2.20. The largest absolute Gasteiger partial charge is 0.480 e. The van der Waals surface area contributed by atoms with E-state index in [9.17, 15) is 9.59 Å². The van der Waals surface area contributed by atoms with Gasteiger partial charge in [-0.1, -0.05) is 26.0 Å². The Morgan fingerprint density at radius 2 is 1.96 bits per heavy atom. The van der Waals surface area contributed by atoms with Crippen LogP contribution in [0, 0.1) is 5.92 Å². The minimum Gasteiger partial charge on any atom is -0.480 e. The number of carbonyl (C=O) groups is 2. The lowest BCUT2D eigenvalue weighted by Crippen LogP contribution is -2.42. The molecule has 1 heterocycles. The van der Waals surface area contributed by atoms with Gasteiger partial charge in [0.25, 0.3) is 0 Å². The standard InChI is InChI=1S/C15H19N5O3/c1-10(2)7-13(15(22)23)17-14(21)8-11-3-5-12(6-4-11)20-9-16-18-19-20/h3-6,9-10,13H,7-8H2,1-2H3,(H,17,21)(H,22,23)/t13-/m0/s1. The van der Waals surface area contributed by atoms with E-state index >= 15 is 0 Å². The van der Waals surface area contributed by atoms with Gasteiger partial charge in [-0.15, -0.1) is 5.10 Å². The van der Waals surface area contributed by atoms with Crippen LogP contribution in [0.5, 0.6) is 0 Å². The quantitative estimate of drug-likeness (QED) is 0.782. The molecular weight excluding hydrogens is 298 g/mol. The number of tetrazole rings is 1. The van der Waals surface area contributed by atoms with Crippen LogP contribution in [0.1, 0.15) is 25.8 Å². The number of hydrogen-bond donors (Lipinski definition) is 2. The summed E-state index contributed by atoms with van der Waals surface area (Å²) >= 11 is 0. The van der Waals surface area contributed by atoms with E-state index in [1.165, 1.54) is 11.0 Å². The van der Waals surface area contributed by atoms with Crippen LogP contribution in [-0.2, 0) is 16.0 Å². The maximum atomic E-state index is 12.0. The zero-order valence-corrected chi connectivity index (χ0v) is 13.0. The average molecular weight is 317 g/mol. The van der Waals surface area contributed by atoms with Gasteiger partial charge < -0.3 is 10.4 Å². The number of nitrogens with zero attached hydrogens (tertiary/aromatic N) is 4. The van der Waals surface area contributed by atoms with Gasteiger partial charge in [0.15, 0.2) is 0 Å². The van der Waals surface area contributed by atoms with Gasteiger partial charge in [-0.2, -0.15) is 0 Å². The molecule has 2 aromatic rings. The molecule has 23 heavy (non-hydrogen) atoms. The van der Waals surface area contributed by atoms with Crippen LogP contribution < -0.4 is 5.32 Å². The first-order valence-electron chi connectivity index (χ1n) is 7.30. The Hall–Kier alpha value is -2.77. The maximum Gasteiger partial charge on any atom is 0.326 e. The summed E-state index contributed by atoms with van der Waals surface area (Å²) in [7, 11) is 0. The van der Waals surface area contributed by atoms with E-state index < -0.39 is 12.0 Å². The molecule has 0 saturated carbocycles. The van der Waals surface area contributed by atoms with Gasteiger partial charge in [-0.05, 0) is 40.5 Å². The zero-order valence-electron chi connectivity index (χ0n) is 13.0. The topological polar surface area (TPSA) is 110 Å². The first-order chi connectivity index (χ1) is 11.0. The van der Waals surface area contributed by atoms with E-state index in [0.717, 1.165) is 11.3 Å². The normalized spacial score (nSPS) is 12.1. The van der Waals surface area contributed by atoms with Gasteiger partial charge in [-0.3, -0.25) is 4.79 Å². The molecule has 1 amide bonds. The Morgan fingerprint density at radius 1 is 1.26 bits per heavy atom. The Kier molecular flexibility index (Phi) is 5.40. The Labute approximate surface area is 133 Å². The van der Waals surface area contributed by atoms with Crippen molar-refractivity contribution in [3.8, 4) is 5.69 Å². The summed E-state index contributed by atoms with van der Waals surface area (Å²) in [6, 6.07) is 6.30. The van der Waals surface area contributed by atoms with E-state index in [-0.39, 0.29) is 18.2 Å². The highest BCUT2D eigenvalue weighted by Crippen LogP contribution is 2.09. The monoisotopic (exact) mass is 317 g/mol. The van der Waals surface area contributed by atoms with Gasteiger partial charge >= 0.3 is 5.97 Å². The van der Waals surface area contributed by atoms with Gasteiger partial charge in [0, 0.05) is 0 Å². The molecule has 0 unspecified atom stereocenters. The smallest absolute Gasteiger partial charge is 0.326 e. The molecule has 2 rings (SSSR count). The number of carboxylic acids is 1. The Bertz CT molecular complexity index is 652. The molecule has 0 aliphatic heterocycles. The Balaban J connectivity index is 1.95. The summed E-state index contributed by atoms with van der Waals surface area (Å²) in [5.74, 6) is -1.14.